The van der Waals surface area contributed by atoms with Crippen LogP contribution < -0.4 is 4.90 Å². The number of amides is 1. The summed E-state index contributed by atoms with van der Waals surface area (Å²) in [4.78, 5) is 18.1. The number of alkyl halides is 1. The number of nitrogens with zero attached hydrogens (tertiary/aromatic N) is 2. The van der Waals surface area contributed by atoms with Gasteiger partial charge in [-0.3, -0.25) is 9.69 Å². The molecule has 3 nitrogen and oxygen atoms in total. The first-order chi connectivity index (χ1) is 8.78. The first-order valence-corrected chi connectivity index (χ1v) is 7.11. The number of anilines is 1. The molecule has 1 aromatic carbocycles. The van der Waals surface area contributed by atoms with Crippen molar-refractivity contribution < 1.29 is 4.79 Å². The SMILES string of the molecule is O=C1CC(CBr)CN1c1cc2ccccc2cn1. The molecule has 18 heavy (non-hydrogen) atoms. The number of benzene rings is 1. The van der Waals surface area contributed by atoms with E-state index in [-0.39, 0.29) is 5.91 Å². The first-order valence-electron chi connectivity index (χ1n) is 5.99. The van der Waals surface area contributed by atoms with E-state index in [4.69, 9.17) is 0 Å². The Balaban J connectivity index is 1.97. The largest absolute Gasteiger partial charge is 0.296 e. The summed E-state index contributed by atoms with van der Waals surface area (Å²) in [6.07, 6.45) is 2.44. The summed E-state index contributed by atoms with van der Waals surface area (Å²) in [6.45, 7) is 0.759. The number of carbonyl (C=O) groups excluding carboxylic acids is 1. The molecular formula is C14H13BrN2O. The van der Waals surface area contributed by atoms with Crippen molar-refractivity contribution in [1.29, 1.82) is 0 Å². The fraction of sp³-hybridized carbons (Fsp3) is 0.286. The smallest absolute Gasteiger partial charge is 0.228 e. The van der Waals surface area contributed by atoms with Crippen molar-refractivity contribution in [3.8, 4) is 0 Å². The second-order valence-corrected chi connectivity index (χ2v) is 5.27. The molecule has 2 aromatic rings. The van der Waals surface area contributed by atoms with E-state index < -0.39 is 0 Å². The summed E-state index contributed by atoms with van der Waals surface area (Å²) < 4.78 is 0. The number of rotatable bonds is 2. The number of aromatic nitrogens is 1. The lowest BCUT2D eigenvalue weighted by atomic mass is 10.1. The summed E-state index contributed by atoms with van der Waals surface area (Å²) >= 11 is 3.44. The van der Waals surface area contributed by atoms with E-state index in [0.717, 1.165) is 28.5 Å². The molecule has 1 amide bonds. The molecule has 1 aromatic heterocycles. The Morgan fingerprint density at radius 1 is 1.33 bits per heavy atom. The first kappa shape index (κ1) is 11.7. The van der Waals surface area contributed by atoms with E-state index in [2.05, 4.69) is 20.9 Å². The summed E-state index contributed by atoms with van der Waals surface area (Å²) in [5.41, 5.74) is 0. The van der Waals surface area contributed by atoms with Crippen molar-refractivity contribution in [3.63, 3.8) is 0 Å². The number of carbonyl (C=O) groups is 1. The van der Waals surface area contributed by atoms with Gasteiger partial charge in [0.15, 0.2) is 0 Å². The predicted octanol–water partition coefficient (Wildman–Crippen LogP) is 2.98. The number of hydrogen-bond acceptors (Lipinski definition) is 2. The zero-order chi connectivity index (χ0) is 12.5. The topological polar surface area (TPSA) is 33.2 Å². The molecule has 1 unspecified atom stereocenters. The minimum absolute atomic E-state index is 0.169. The van der Waals surface area contributed by atoms with Gasteiger partial charge < -0.3 is 0 Å². The van der Waals surface area contributed by atoms with E-state index in [9.17, 15) is 4.79 Å². The molecule has 1 saturated heterocycles. The van der Waals surface area contributed by atoms with Crippen molar-refractivity contribution in [2.75, 3.05) is 16.8 Å². The van der Waals surface area contributed by atoms with Crippen molar-refractivity contribution in [2.24, 2.45) is 5.92 Å². The molecule has 0 N–H and O–H groups in total. The van der Waals surface area contributed by atoms with Gasteiger partial charge in [-0.1, -0.05) is 40.2 Å². The van der Waals surface area contributed by atoms with Gasteiger partial charge in [0.1, 0.15) is 5.82 Å². The average Bonchev–Trinajstić information content (AvgIpc) is 2.79. The Kier molecular flexibility index (Phi) is 3.04. The molecule has 1 atom stereocenters. The zero-order valence-electron chi connectivity index (χ0n) is 9.84. The summed E-state index contributed by atoms with van der Waals surface area (Å²) in [7, 11) is 0. The monoisotopic (exact) mass is 304 g/mol. The van der Waals surface area contributed by atoms with Crippen LogP contribution in [0.4, 0.5) is 5.82 Å². The van der Waals surface area contributed by atoms with Crippen molar-refractivity contribution in [3.05, 3.63) is 36.5 Å². The Hall–Kier alpha value is -1.42. The van der Waals surface area contributed by atoms with Crippen LogP contribution in [0.2, 0.25) is 0 Å². The minimum Gasteiger partial charge on any atom is -0.296 e. The molecule has 92 valence electrons. The summed E-state index contributed by atoms with van der Waals surface area (Å²) in [5, 5.41) is 3.09. The van der Waals surface area contributed by atoms with Gasteiger partial charge in [0.2, 0.25) is 5.91 Å². The summed E-state index contributed by atoms with van der Waals surface area (Å²) in [6, 6.07) is 10.1. The number of hydrogen-bond donors (Lipinski definition) is 0. The van der Waals surface area contributed by atoms with Crippen LogP contribution >= 0.6 is 15.9 Å². The maximum atomic E-state index is 11.9. The van der Waals surface area contributed by atoms with Crippen LogP contribution in [0.1, 0.15) is 6.42 Å². The molecule has 0 aliphatic carbocycles. The standard InChI is InChI=1S/C14H13BrN2O/c15-7-10-5-14(18)17(9-10)13-6-11-3-1-2-4-12(11)8-16-13/h1-4,6,8,10H,5,7,9H2. The van der Waals surface area contributed by atoms with Gasteiger partial charge in [-0.15, -0.1) is 0 Å². The van der Waals surface area contributed by atoms with Crippen LogP contribution in [-0.4, -0.2) is 22.8 Å². The van der Waals surface area contributed by atoms with Gasteiger partial charge in [-0.05, 0) is 17.4 Å². The molecule has 3 rings (SSSR count). The Bertz CT molecular complexity index is 599. The molecule has 1 aliphatic heterocycles. The maximum absolute atomic E-state index is 11.9. The van der Waals surface area contributed by atoms with Crippen molar-refractivity contribution in [1.82, 2.24) is 4.98 Å². The molecule has 1 fully saturated rings. The van der Waals surface area contributed by atoms with Gasteiger partial charge in [-0.25, -0.2) is 4.98 Å². The van der Waals surface area contributed by atoms with Crippen molar-refractivity contribution in [2.45, 2.75) is 6.42 Å². The number of fused-ring (bicyclic) bond motifs is 1. The Labute approximate surface area is 114 Å². The molecule has 4 heteroatoms. The third-order valence-corrected chi connectivity index (χ3v) is 4.23. The van der Waals surface area contributed by atoms with Crippen LogP contribution in [0.25, 0.3) is 10.8 Å². The van der Waals surface area contributed by atoms with E-state index in [1.165, 1.54) is 0 Å². The lowest BCUT2D eigenvalue weighted by Gasteiger charge is -2.15. The quantitative estimate of drug-likeness (QED) is 0.799. The van der Waals surface area contributed by atoms with Gasteiger partial charge in [-0.2, -0.15) is 0 Å². The molecule has 0 saturated carbocycles. The van der Waals surface area contributed by atoms with Gasteiger partial charge in [0.25, 0.3) is 0 Å². The van der Waals surface area contributed by atoms with Crippen LogP contribution in [0, 0.1) is 5.92 Å². The highest BCUT2D eigenvalue weighted by Gasteiger charge is 2.30. The predicted molar refractivity (Wildman–Crippen MR) is 76.0 cm³/mol. The average molecular weight is 305 g/mol. The third kappa shape index (κ3) is 2.01. The van der Waals surface area contributed by atoms with Gasteiger partial charge in [0.05, 0.1) is 0 Å². The summed E-state index contributed by atoms with van der Waals surface area (Å²) in [5.74, 6) is 1.33. The second-order valence-electron chi connectivity index (χ2n) is 4.62. The fourth-order valence-corrected chi connectivity index (χ4v) is 2.76. The van der Waals surface area contributed by atoms with E-state index in [1.807, 2.05) is 36.5 Å². The molecular weight excluding hydrogens is 292 g/mol. The highest BCUT2D eigenvalue weighted by molar-refractivity contribution is 9.09. The highest BCUT2D eigenvalue weighted by Crippen LogP contribution is 2.26. The normalized spacial score (nSPS) is 19.7. The molecule has 0 spiro atoms. The number of halogens is 1. The molecule has 0 bridgehead atoms. The maximum Gasteiger partial charge on any atom is 0.228 e. The third-order valence-electron chi connectivity index (χ3n) is 3.32. The van der Waals surface area contributed by atoms with Crippen molar-refractivity contribution >= 4 is 38.4 Å². The molecule has 1 aliphatic rings. The lowest BCUT2D eigenvalue weighted by Crippen LogP contribution is -2.25. The van der Waals surface area contributed by atoms with Crippen LogP contribution in [0.15, 0.2) is 36.5 Å². The zero-order valence-corrected chi connectivity index (χ0v) is 11.4. The van der Waals surface area contributed by atoms with E-state index in [1.54, 1.807) is 4.90 Å². The second kappa shape index (κ2) is 4.69. The Morgan fingerprint density at radius 2 is 2.11 bits per heavy atom. The highest BCUT2D eigenvalue weighted by atomic mass is 79.9. The Morgan fingerprint density at radius 3 is 2.83 bits per heavy atom. The fourth-order valence-electron chi connectivity index (χ4n) is 2.33. The van der Waals surface area contributed by atoms with E-state index in [0.29, 0.717) is 12.3 Å². The number of pyridine rings is 1. The molecule has 0 radical (unpaired) electrons. The van der Waals surface area contributed by atoms with Crippen LogP contribution in [0.5, 0.6) is 0 Å². The van der Waals surface area contributed by atoms with Gasteiger partial charge >= 0.3 is 0 Å². The van der Waals surface area contributed by atoms with Crippen LogP contribution in [-0.2, 0) is 4.79 Å². The lowest BCUT2D eigenvalue weighted by molar-refractivity contribution is -0.117. The minimum atomic E-state index is 0.169. The van der Waals surface area contributed by atoms with Crippen LogP contribution in [0.3, 0.4) is 0 Å². The van der Waals surface area contributed by atoms with Gasteiger partial charge in [0, 0.05) is 29.9 Å². The van der Waals surface area contributed by atoms with E-state index >= 15 is 0 Å². The molecule has 2 heterocycles.